The average Bonchev–Trinajstić information content (AvgIpc) is 3.04. The van der Waals surface area contributed by atoms with Crippen LogP contribution < -0.4 is 11.1 Å². The zero-order valence-corrected chi connectivity index (χ0v) is 15.0. The molecule has 2 aromatic heterocycles. The number of anilines is 2. The number of likely N-dealkylation sites (tertiary alicyclic amines) is 1. The molecule has 8 heteroatoms. The van der Waals surface area contributed by atoms with E-state index in [1.54, 1.807) is 10.6 Å². The molecule has 3 heterocycles. The molecule has 6 nitrogen and oxygen atoms in total. The molecular formula is C18H20ClFN6. The van der Waals surface area contributed by atoms with Crippen molar-refractivity contribution in [2.24, 2.45) is 5.73 Å². The van der Waals surface area contributed by atoms with Crippen LogP contribution in [-0.4, -0.2) is 38.6 Å². The van der Waals surface area contributed by atoms with Gasteiger partial charge in [-0.3, -0.25) is 4.90 Å². The van der Waals surface area contributed by atoms with Gasteiger partial charge in [-0.25, -0.2) is 13.9 Å². The minimum absolute atomic E-state index is 0.286. The Morgan fingerprint density at radius 1 is 1.27 bits per heavy atom. The van der Waals surface area contributed by atoms with Gasteiger partial charge in [-0.15, -0.1) is 0 Å². The van der Waals surface area contributed by atoms with Crippen molar-refractivity contribution >= 4 is 28.6 Å². The van der Waals surface area contributed by atoms with E-state index in [1.165, 1.54) is 18.5 Å². The molecule has 136 valence electrons. The van der Waals surface area contributed by atoms with Gasteiger partial charge in [0.25, 0.3) is 0 Å². The van der Waals surface area contributed by atoms with Crippen LogP contribution in [0.1, 0.15) is 18.4 Å². The van der Waals surface area contributed by atoms with Crippen molar-refractivity contribution in [1.29, 1.82) is 0 Å². The lowest BCUT2D eigenvalue weighted by Crippen LogP contribution is -2.39. The van der Waals surface area contributed by atoms with Crippen LogP contribution >= 0.6 is 11.6 Å². The van der Waals surface area contributed by atoms with Gasteiger partial charge in [0.15, 0.2) is 5.82 Å². The fourth-order valence-electron chi connectivity index (χ4n) is 3.31. The zero-order valence-electron chi connectivity index (χ0n) is 14.2. The van der Waals surface area contributed by atoms with E-state index in [0.29, 0.717) is 16.9 Å². The monoisotopic (exact) mass is 374 g/mol. The quantitative estimate of drug-likeness (QED) is 0.733. The second-order valence-electron chi connectivity index (χ2n) is 6.61. The maximum atomic E-state index is 14.1. The molecule has 3 N–H and O–H groups in total. The van der Waals surface area contributed by atoms with Gasteiger partial charge in [-0.2, -0.15) is 5.10 Å². The summed E-state index contributed by atoms with van der Waals surface area (Å²) in [4.78, 5) is 6.69. The van der Waals surface area contributed by atoms with E-state index in [0.717, 1.165) is 43.6 Å². The molecular weight excluding hydrogens is 355 g/mol. The largest absolute Gasteiger partial charge is 0.336 e. The number of hydrogen-bond acceptors (Lipinski definition) is 5. The van der Waals surface area contributed by atoms with Gasteiger partial charge in [0, 0.05) is 23.8 Å². The summed E-state index contributed by atoms with van der Waals surface area (Å²) in [7, 11) is 0. The first-order valence-electron chi connectivity index (χ1n) is 8.61. The number of benzene rings is 1. The molecule has 1 aliphatic heterocycles. The Labute approximate surface area is 155 Å². The highest BCUT2D eigenvalue weighted by Crippen LogP contribution is 2.27. The number of piperidine rings is 1. The molecule has 0 radical (unpaired) electrons. The predicted octanol–water partition coefficient (Wildman–Crippen LogP) is 3.19. The number of aromatic nitrogens is 3. The fraction of sp³-hybridized carbons (Fsp3) is 0.333. The highest BCUT2D eigenvalue weighted by Gasteiger charge is 2.19. The molecule has 1 saturated heterocycles. The summed E-state index contributed by atoms with van der Waals surface area (Å²) in [5, 5.41) is 7.77. The van der Waals surface area contributed by atoms with E-state index in [-0.39, 0.29) is 11.5 Å². The highest BCUT2D eigenvalue weighted by molar-refractivity contribution is 6.30. The Morgan fingerprint density at radius 2 is 2.08 bits per heavy atom. The van der Waals surface area contributed by atoms with Gasteiger partial charge >= 0.3 is 0 Å². The first kappa shape index (κ1) is 17.2. The van der Waals surface area contributed by atoms with Crippen molar-refractivity contribution < 1.29 is 4.39 Å². The fourth-order valence-corrected chi connectivity index (χ4v) is 3.48. The van der Waals surface area contributed by atoms with Crippen LogP contribution in [0, 0.1) is 5.82 Å². The topological polar surface area (TPSA) is 71.5 Å². The summed E-state index contributed by atoms with van der Waals surface area (Å²) in [6, 6.07) is 6.71. The molecule has 1 fully saturated rings. The first-order valence-corrected chi connectivity index (χ1v) is 8.99. The second-order valence-corrected chi connectivity index (χ2v) is 7.04. The maximum absolute atomic E-state index is 14.1. The van der Waals surface area contributed by atoms with Crippen LogP contribution in [0.4, 0.5) is 15.9 Å². The van der Waals surface area contributed by atoms with E-state index >= 15 is 0 Å². The molecule has 1 aromatic carbocycles. The summed E-state index contributed by atoms with van der Waals surface area (Å²) >= 11 is 5.99. The molecule has 3 aromatic rings. The lowest BCUT2D eigenvalue weighted by molar-refractivity contribution is 0.206. The number of rotatable bonds is 4. The van der Waals surface area contributed by atoms with Crippen LogP contribution in [0.2, 0.25) is 5.02 Å². The second kappa shape index (κ2) is 7.19. The van der Waals surface area contributed by atoms with Crippen LogP contribution in [0.25, 0.3) is 5.52 Å². The summed E-state index contributed by atoms with van der Waals surface area (Å²) in [5.74, 6) is 0.166. The Morgan fingerprint density at radius 3 is 2.88 bits per heavy atom. The van der Waals surface area contributed by atoms with E-state index in [1.807, 2.05) is 12.3 Å². The molecule has 0 atom stereocenters. The predicted molar refractivity (Wildman–Crippen MR) is 100 cm³/mol. The molecule has 0 amide bonds. The summed E-state index contributed by atoms with van der Waals surface area (Å²) < 4.78 is 15.9. The minimum atomic E-state index is -0.385. The third-order valence-corrected chi connectivity index (χ3v) is 4.98. The van der Waals surface area contributed by atoms with Crippen molar-refractivity contribution in [3.05, 3.63) is 53.2 Å². The Hall–Kier alpha value is -2.22. The Bertz CT molecular complexity index is 919. The Kier molecular flexibility index (Phi) is 4.76. The number of nitrogens with one attached hydrogen (secondary N) is 1. The number of nitrogens with zero attached hydrogens (tertiary/aromatic N) is 4. The highest BCUT2D eigenvalue weighted by atomic mass is 35.5. The van der Waals surface area contributed by atoms with Crippen molar-refractivity contribution in [3.8, 4) is 0 Å². The standard InChI is InChI=1S/C18H20ClFN6/c19-13-1-2-15(20)16(9-13)24-18-17-12(3-8-26(17)23-11-22-18)10-25-6-4-14(21)5-7-25/h1-3,8-9,11,14H,4-7,10,21H2,(H,22,23,24). The van der Waals surface area contributed by atoms with Crippen LogP contribution in [0.3, 0.4) is 0 Å². The van der Waals surface area contributed by atoms with Gasteiger partial charge in [-0.05, 0) is 55.8 Å². The Balaban J connectivity index is 1.65. The van der Waals surface area contributed by atoms with Gasteiger partial charge in [0.05, 0.1) is 5.69 Å². The lowest BCUT2D eigenvalue weighted by atomic mass is 10.1. The molecule has 0 bridgehead atoms. The smallest absolute Gasteiger partial charge is 0.158 e. The summed E-state index contributed by atoms with van der Waals surface area (Å²) in [5.41, 5.74) is 8.20. The van der Waals surface area contributed by atoms with Gasteiger partial charge in [-0.1, -0.05) is 11.6 Å². The van der Waals surface area contributed by atoms with Gasteiger partial charge in [0.2, 0.25) is 0 Å². The van der Waals surface area contributed by atoms with Crippen molar-refractivity contribution in [1.82, 2.24) is 19.5 Å². The van der Waals surface area contributed by atoms with Crippen LogP contribution in [0.15, 0.2) is 36.8 Å². The number of fused-ring (bicyclic) bond motifs is 1. The molecule has 0 saturated carbocycles. The molecule has 0 spiro atoms. The average molecular weight is 375 g/mol. The molecule has 1 aliphatic rings. The number of halogens is 2. The molecule has 4 rings (SSSR count). The molecule has 0 unspecified atom stereocenters. The summed E-state index contributed by atoms with van der Waals surface area (Å²) in [6.45, 7) is 2.72. The van der Waals surface area contributed by atoms with E-state index in [4.69, 9.17) is 17.3 Å². The van der Waals surface area contributed by atoms with E-state index in [9.17, 15) is 4.39 Å². The van der Waals surface area contributed by atoms with E-state index < -0.39 is 0 Å². The van der Waals surface area contributed by atoms with E-state index in [2.05, 4.69) is 20.3 Å². The third-order valence-electron chi connectivity index (χ3n) is 4.75. The van der Waals surface area contributed by atoms with Gasteiger partial charge < -0.3 is 11.1 Å². The molecule has 0 aliphatic carbocycles. The van der Waals surface area contributed by atoms with Crippen molar-refractivity contribution in [2.45, 2.75) is 25.4 Å². The summed E-state index contributed by atoms with van der Waals surface area (Å²) in [6.07, 6.45) is 5.34. The minimum Gasteiger partial charge on any atom is -0.336 e. The normalized spacial score (nSPS) is 16.3. The number of nitrogens with two attached hydrogens (primary N) is 1. The van der Waals surface area contributed by atoms with Crippen molar-refractivity contribution in [3.63, 3.8) is 0 Å². The number of hydrogen-bond donors (Lipinski definition) is 2. The lowest BCUT2D eigenvalue weighted by Gasteiger charge is -2.29. The molecule has 26 heavy (non-hydrogen) atoms. The first-order chi connectivity index (χ1) is 12.6. The van der Waals surface area contributed by atoms with Crippen LogP contribution in [-0.2, 0) is 6.54 Å². The third kappa shape index (κ3) is 3.51. The SMILES string of the molecule is NC1CCN(Cc2ccn3ncnc(Nc4cc(Cl)ccc4F)c23)CC1. The van der Waals surface area contributed by atoms with Crippen LogP contribution in [0.5, 0.6) is 0 Å². The zero-order chi connectivity index (χ0) is 18.1. The maximum Gasteiger partial charge on any atom is 0.158 e. The van der Waals surface area contributed by atoms with Crippen molar-refractivity contribution in [2.75, 3.05) is 18.4 Å². The van der Waals surface area contributed by atoms with Gasteiger partial charge in [0.1, 0.15) is 17.7 Å².